The van der Waals surface area contributed by atoms with Crippen LogP contribution in [0.3, 0.4) is 0 Å². The van der Waals surface area contributed by atoms with Crippen LogP contribution in [0, 0.1) is 0 Å². The van der Waals surface area contributed by atoms with Gasteiger partial charge in [-0.25, -0.2) is 0 Å². The van der Waals surface area contributed by atoms with Crippen molar-refractivity contribution >= 4 is 68.2 Å². The molecule has 1 heterocycles. The van der Waals surface area contributed by atoms with Crippen molar-refractivity contribution in [3.8, 4) is 0 Å². The Bertz CT molecular complexity index is 749. The number of aliphatic carboxylic acids is 2. The van der Waals surface area contributed by atoms with E-state index in [1.54, 1.807) is 24.3 Å². The number of amides is 1. The normalized spacial score (nSPS) is 17.4. The summed E-state index contributed by atoms with van der Waals surface area (Å²) in [6.45, 7) is 0. The van der Waals surface area contributed by atoms with E-state index in [0.29, 0.717) is 0 Å². The van der Waals surface area contributed by atoms with E-state index in [-0.39, 0.29) is 15.6 Å². The summed E-state index contributed by atoms with van der Waals surface area (Å²) >= 11 is 9.36. The molecule has 1 aliphatic heterocycles. The van der Waals surface area contributed by atoms with Gasteiger partial charge in [0.2, 0.25) is 0 Å². The SMILES string of the molecule is O=C([O-])CCC(C(=O)[O-])N1C(=O)/C(=C/c2cccc(Br)c2)SC1=S. The van der Waals surface area contributed by atoms with Gasteiger partial charge in [0, 0.05) is 10.4 Å². The monoisotopic (exact) mass is 427 g/mol. The van der Waals surface area contributed by atoms with Crippen LogP contribution in [0.1, 0.15) is 18.4 Å². The number of halogens is 1. The molecule has 9 heteroatoms. The Morgan fingerprint density at radius 1 is 1.38 bits per heavy atom. The molecule has 0 radical (unpaired) electrons. The smallest absolute Gasteiger partial charge is 0.266 e. The van der Waals surface area contributed by atoms with Gasteiger partial charge in [-0.15, -0.1) is 0 Å². The number of thiocarbonyl (C=S) groups is 1. The first-order valence-corrected chi connectivity index (χ1v) is 8.74. The Labute approximate surface area is 155 Å². The minimum Gasteiger partial charge on any atom is -0.550 e. The van der Waals surface area contributed by atoms with Crippen molar-refractivity contribution in [3.05, 3.63) is 39.2 Å². The van der Waals surface area contributed by atoms with Gasteiger partial charge in [-0.05, 0) is 36.6 Å². The topological polar surface area (TPSA) is 101 Å². The molecule has 6 nitrogen and oxygen atoms in total. The maximum atomic E-state index is 12.5. The Morgan fingerprint density at radius 3 is 2.67 bits per heavy atom. The molecule has 0 saturated carbocycles. The molecule has 1 fully saturated rings. The van der Waals surface area contributed by atoms with Crippen molar-refractivity contribution in [2.24, 2.45) is 0 Å². The second-order valence-electron chi connectivity index (χ2n) is 4.85. The zero-order chi connectivity index (χ0) is 17.9. The molecular weight excluding hydrogens is 418 g/mol. The van der Waals surface area contributed by atoms with Crippen molar-refractivity contribution < 1.29 is 24.6 Å². The minimum absolute atomic E-state index is 0.0498. The van der Waals surface area contributed by atoms with Gasteiger partial charge in [0.25, 0.3) is 5.91 Å². The van der Waals surface area contributed by atoms with Gasteiger partial charge in [-0.1, -0.05) is 52.0 Å². The van der Waals surface area contributed by atoms with Crippen LogP contribution in [-0.2, 0) is 14.4 Å². The fourth-order valence-electron chi connectivity index (χ4n) is 2.10. The van der Waals surface area contributed by atoms with Crippen molar-refractivity contribution in [1.29, 1.82) is 0 Å². The first-order chi connectivity index (χ1) is 11.3. The lowest BCUT2D eigenvalue weighted by Gasteiger charge is -2.27. The predicted octanol–water partition coefficient (Wildman–Crippen LogP) is 0.299. The van der Waals surface area contributed by atoms with Crippen molar-refractivity contribution in [1.82, 2.24) is 4.90 Å². The van der Waals surface area contributed by atoms with E-state index in [2.05, 4.69) is 15.9 Å². The molecule has 1 aliphatic rings. The van der Waals surface area contributed by atoms with Crippen LogP contribution in [0.5, 0.6) is 0 Å². The second-order valence-corrected chi connectivity index (χ2v) is 7.44. The average molecular weight is 428 g/mol. The molecule has 126 valence electrons. The number of nitrogens with zero attached hydrogens (tertiary/aromatic N) is 1. The maximum absolute atomic E-state index is 12.5. The van der Waals surface area contributed by atoms with E-state index in [9.17, 15) is 24.6 Å². The third-order valence-corrected chi connectivity index (χ3v) is 5.00. The minimum atomic E-state index is -1.56. The van der Waals surface area contributed by atoms with Gasteiger partial charge in [0.1, 0.15) is 4.32 Å². The van der Waals surface area contributed by atoms with Crippen LogP contribution in [-0.4, -0.2) is 33.1 Å². The lowest BCUT2D eigenvalue weighted by atomic mass is 10.1. The van der Waals surface area contributed by atoms with Crippen LogP contribution >= 0.6 is 39.9 Å². The quantitative estimate of drug-likeness (QED) is 0.475. The summed E-state index contributed by atoms with van der Waals surface area (Å²) in [7, 11) is 0. The van der Waals surface area contributed by atoms with Crippen LogP contribution in [0.4, 0.5) is 0 Å². The lowest BCUT2D eigenvalue weighted by molar-refractivity contribution is -0.311. The van der Waals surface area contributed by atoms with E-state index in [1.165, 1.54) is 0 Å². The van der Waals surface area contributed by atoms with E-state index < -0.39 is 30.3 Å². The van der Waals surface area contributed by atoms with Gasteiger partial charge < -0.3 is 19.8 Å². The Hall–Kier alpha value is -1.71. The number of hydrogen-bond acceptors (Lipinski definition) is 7. The highest BCUT2D eigenvalue weighted by Gasteiger charge is 2.37. The number of carboxylic acids is 2. The molecule has 1 saturated heterocycles. The van der Waals surface area contributed by atoms with E-state index in [0.717, 1.165) is 26.7 Å². The summed E-state index contributed by atoms with van der Waals surface area (Å²) in [5, 5.41) is 21.8. The van der Waals surface area contributed by atoms with Crippen LogP contribution in [0.2, 0.25) is 0 Å². The molecule has 0 aliphatic carbocycles. The van der Waals surface area contributed by atoms with Gasteiger partial charge in [-0.3, -0.25) is 9.69 Å². The number of rotatable bonds is 6. The van der Waals surface area contributed by atoms with Crippen molar-refractivity contribution in [2.45, 2.75) is 18.9 Å². The van der Waals surface area contributed by atoms with Crippen molar-refractivity contribution in [2.75, 3.05) is 0 Å². The molecule has 1 amide bonds. The largest absolute Gasteiger partial charge is 0.550 e. The standard InChI is InChI=1S/C15H12BrNO5S2/c16-9-3-1-2-8(6-9)7-11-13(20)17(15(23)24-11)10(14(21)22)4-5-12(18)19/h1-3,6-7,10H,4-5H2,(H,18,19)(H,21,22)/p-2/b11-7-. The highest BCUT2D eigenvalue weighted by atomic mass is 79.9. The first-order valence-electron chi connectivity index (χ1n) is 6.73. The summed E-state index contributed by atoms with van der Waals surface area (Å²) in [6, 6.07) is 5.75. The van der Waals surface area contributed by atoms with Crippen molar-refractivity contribution in [3.63, 3.8) is 0 Å². The Balaban J connectivity index is 2.26. The zero-order valence-electron chi connectivity index (χ0n) is 12.1. The number of carbonyl (C=O) groups is 3. The highest BCUT2D eigenvalue weighted by molar-refractivity contribution is 9.10. The lowest BCUT2D eigenvalue weighted by Crippen LogP contribution is -2.50. The number of benzene rings is 1. The summed E-state index contributed by atoms with van der Waals surface area (Å²) < 4.78 is 0.877. The highest BCUT2D eigenvalue weighted by Crippen LogP contribution is 2.35. The molecule has 1 aromatic carbocycles. The fourth-order valence-corrected chi connectivity index (χ4v) is 3.88. The predicted molar refractivity (Wildman–Crippen MR) is 92.2 cm³/mol. The molecule has 0 N–H and O–H groups in total. The number of hydrogen-bond donors (Lipinski definition) is 0. The zero-order valence-corrected chi connectivity index (χ0v) is 15.3. The fraction of sp³-hybridized carbons (Fsp3) is 0.200. The van der Waals surface area contributed by atoms with E-state index in [4.69, 9.17) is 12.2 Å². The molecule has 2 rings (SSSR count). The summed E-state index contributed by atoms with van der Waals surface area (Å²) in [4.78, 5) is 35.5. The molecular formula is C15H10BrNO5S2-2. The van der Waals surface area contributed by atoms with Crippen LogP contribution < -0.4 is 10.2 Å². The van der Waals surface area contributed by atoms with Crippen LogP contribution in [0.15, 0.2) is 33.6 Å². The van der Waals surface area contributed by atoms with Crippen LogP contribution in [0.25, 0.3) is 6.08 Å². The molecule has 1 unspecified atom stereocenters. The van der Waals surface area contributed by atoms with Gasteiger partial charge in [0.15, 0.2) is 0 Å². The maximum Gasteiger partial charge on any atom is 0.266 e. The molecule has 1 aromatic rings. The summed E-state index contributed by atoms with van der Waals surface area (Å²) in [5.74, 6) is -3.55. The van der Waals surface area contributed by atoms with Gasteiger partial charge in [0.05, 0.1) is 16.9 Å². The Morgan fingerprint density at radius 2 is 2.08 bits per heavy atom. The molecule has 0 spiro atoms. The molecule has 24 heavy (non-hydrogen) atoms. The van der Waals surface area contributed by atoms with E-state index >= 15 is 0 Å². The van der Waals surface area contributed by atoms with Gasteiger partial charge >= 0.3 is 0 Å². The molecule has 1 atom stereocenters. The third kappa shape index (κ3) is 4.43. The molecule has 0 bridgehead atoms. The number of carboxylic acid groups (broad SMARTS) is 2. The van der Waals surface area contributed by atoms with E-state index in [1.807, 2.05) is 6.07 Å². The number of carbonyl (C=O) groups excluding carboxylic acids is 3. The third-order valence-electron chi connectivity index (χ3n) is 3.18. The second kappa shape index (κ2) is 7.91. The van der Waals surface area contributed by atoms with Gasteiger partial charge in [-0.2, -0.15) is 0 Å². The summed E-state index contributed by atoms with van der Waals surface area (Å²) in [6.07, 6.45) is 0.747. The summed E-state index contributed by atoms with van der Waals surface area (Å²) in [5.41, 5.74) is 0.740. The number of thioether (sulfide) groups is 1. The average Bonchev–Trinajstić information content (AvgIpc) is 2.74. The first kappa shape index (κ1) is 18.6. The molecule has 0 aromatic heterocycles. The Kier molecular flexibility index (Phi) is 6.14.